The molecule has 128 valence electrons. The van der Waals surface area contributed by atoms with E-state index in [4.69, 9.17) is 10.5 Å². The maximum absolute atomic E-state index is 12.0. The highest BCUT2D eigenvalue weighted by atomic mass is 16.5. The van der Waals surface area contributed by atoms with E-state index in [0.717, 1.165) is 31.6 Å². The zero-order valence-corrected chi connectivity index (χ0v) is 13.6. The molecule has 0 aromatic heterocycles. The molecule has 0 bridgehead atoms. The van der Waals surface area contributed by atoms with Gasteiger partial charge in [0.2, 0.25) is 0 Å². The highest BCUT2D eigenvalue weighted by molar-refractivity contribution is 5.67. The minimum Gasteiger partial charge on any atom is -0.445 e. The second-order valence-electron chi connectivity index (χ2n) is 6.19. The highest BCUT2D eigenvalue weighted by Crippen LogP contribution is 2.20. The van der Waals surface area contributed by atoms with Crippen LogP contribution >= 0.6 is 0 Å². The molecule has 1 fully saturated rings. The number of benzene rings is 1. The number of alkyl carbamates (subject to hydrolysis) is 1. The smallest absolute Gasteiger partial charge is 0.407 e. The summed E-state index contributed by atoms with van der Waals surface area (Å²) in [6.07, 6.45) is -0.0721. The number of rotatable bonds is 6. The number of aliphatic hydroxyl groups excluding tert-OH is 1. The number of likely N-dealkylation sites (tertiary alicyclic amines) is 1. The van der Waals surface area contributed by atoms with Gasteiger partial charge in [0.25, 0.3) is 0 Å². The fourth-order valence-corrected chi connectivity index (χ4v) is 2.98. The van der Waals surface area contributed by atoms with Crippen LogP contribution in [0.1, 0.15) is 18.9 Å². The summed E-state index contributed by atoms with van der Waals surface area (Å²) in [5.41, 5.74) is 6.58. The van der Waals surface area contributed by atoms with Crippen molar-refractivity contribution in [2.75, 3.05) is 26.2 Å². The topological polar surface area (TPSA) is 87.8 Å². The van der Waals surface area contributed by atoms with Gasteiger partial charge in [0, 0.05) is 32.2 Å². The molecule has 1 amide bonds. The lowest BCUT2D eigenvalue weighted by atomic mass is 9.90. The number of ether oxygens (including phenoxy) is 1. The minimum atomic E-state index is -0.419. The summed E-state index contributed by atoms with van der Waals surface area (Å²) in [4.78, 5) is 14.2. The van der Waals surface area contributed by atoms with Crippen molar-refractivity contribution >= 4 is 6.09 Å². The summed E-state index contributed by atoms with van der Waals surface area (Å²) in [6, 6.07) is 9.55. The van der Waals surface area contributed by atoms with E-state index in [1.165, 1.54) is 0 Å². The monoisotopic (exact) mass is 321 g/mol. The largest absolute Gasteiger partial charge is 0.445 e. The van der Waals surface area contributed by atoms with Crippen LogP contribution in [-0.4, -0.2) is 54.4 Å². The van der Waals surface area contributed by atoms with Crippen LogP contribution < -0.4 is 11.1 Å². The molecule has 1 aromatic carbocycles. The lowest BCUT2D eigenvalue weighted by molar-refractivity contribution is 0.0468. The summed E-state index contributed by atoms with van der Waals surface area (Å²) >= 11 is 0. The van der Waals surface area contributed by atoms with Crippen molar-refractivity contribution in [1.82, 2.24) is 10.2 Å². The SMILES string of the molecule is CC(O)C1CC(NC(=O)OCc2ccccc2)CN(CCN)C1. The fraction of sp³-hybridized carbons (Fsp3) is 0.588. The molecule has 3 unspecified atom stereocenters. The molecule has 4 N–H and O–H groups in total. The molecule has 23 heavy (non-hydrogen) atoms. The van der Waals surface area contributed by atoms with Gasteiger partial charge in [-0.05, 0) is 24.8 Å². The third-order valence-corrected chi connectivity index (χ3v) is 4.22. The van der Waals surface area contributed by atoms with Gasteiger partial charge in [-0.25, -0.2) is 4.79 Å². The van der Waals surface area contributed by atoms with Gasteiger partial charge in [-0.1, -0.05) is 30.3 Å². The van der Waals surface area contributed by atoms with Gasteiger partial charge in [0.1, 0.15) is 6.61 Å². The first-order chi connectivity index (χ1) is 11.1. The molecular weight excluding hydrogens is 294 g/mol. The van der Waals surface area contributed by atoms with Crippen molar-refractivity contribution in [3.8, 4) is 0 Å². The molecule has 0 radical (unpaired) electrons. The van der Waals surface area contributed by atoms with Crippen molar-refractivity contribution < 1.29 is 14.6 Å². The maximum Gasteiger partial charge on any atom is 0.407 e. The summed E-state index contributed by atoms with van der Waals surface area (Å²) < 4.78 is 5.27. The number of nitrogens with two attached hydrogens (primary N) is 1. The lowest BCUT2D eigenvalue weighted by Gasteiger charge is -2.38. The predicted molar refractivity (Wildman–Crippen MR) is 88.8 cm³/mol. The highest BCUT2D eigenvalue weighted by Gasteiger charge is 2.30. The molecule has 1 aromatic rings. The Morgan fingerprint density at radius 2 is 2.17 bits per heavy atom. The number of nitrogens with zero attached hydrogens (tertiary/aromatic N) is 1. The number of piperidine rings is 1. The molecule has 1 saturated heterocycles. The average molecular weight is 321 g/mol. The van der Waals surface area contributed by atoms with Gasteiger partial charge < -0.3 is 20.9 Å². The molecule has 0 aliphatic carbocycles. The summed E-state index contributed by atoms with van der Waals surface area (Å²) in [5, 5.41) is 12.8. The predicted octanol–water partition coefficient (Wildman–Crippen LogP) is 0.943. The van der Waals surface area contributed by atoms with Crippen molar-refractivity contribution in [1.29, 1.82) is 0 Å². The maximum atomic E-state index is 12.0. The van der Waals surface area contributed by atoms with E-state index in [2.05, 4.69) is 10.2 Å². The Balaban J connectivity index is 1.83. The quantitative estimate of drug-likeness (QED) is 0.726. The third-order valence-electron chi connectivity index (χ3n) is 4.22. The molecule has 1 aliphatic heterocycles. The van der Waals surface area contributed by atoms with Gasteiger partial charge in [-0.2, -0.15) is 0 Å². The van der Waals surface area contributed by atoms with Crippen LogP contribution in [0.15, 0.2) is 30.3 Å². The van der Waals surface area contributed by atoms with E-state index in [1.54, 1.807) is 6.92 Å². The van der Waals surface area contributed by atoms with Crippen molar-refractivity contribution in [3.63, 3.8) is 0 Å². The Labute approximate surface area is 137 Å². The molecule has 6 nitrogen and oxygen atoms in total. The van der Waals surface area contributed by atoms with E-state index in [1.807, 2.05) is 30.3 Å². The molecule has 2 rings (SSSR count). The zero-order chi connectivity index (χ0) is 16.7. The summed E-state index contributed by atoms with van der Waals surface area (Å²) in [6.45, 7) is 4.93. The standard InChI is InChI=1S/C17H27N3O3/c1-13(21)15-9-16(11-20(10-15)8-7-18)19-17(22)23-12-14-5-3-2-4-6-14/h2-6,13,15-16,21H,7-12,18H2,1H3,(H,19,22). The van der Waals surface area contributed by atoms with Crippen LogP contribution in [0.3, 0.4) is 0 Å². The molecule has 3 atom stereocenters. The van der Waals surface area contributed by atoms with Gasteiger partial charge >= 0.3 is 6.09 Å². The first-order valence-electron chi connectivity index (χ1n) is 8.16. The number of hydrogen-bond donors (Lipinski definition) is 3. The molecule has 1 aliphatic rings. The van der Waals surface area contributed by atoms with Crippen LogP contribution in [0, 0.1) is 5.92 Å². The fourth-order valence-electron chi connectivity index (χ4n) is 2.98. The van der Waals surface area contributed by atoms with E-state index in [9.17, 15) is 9.90 Å². The zero-order valence-electron chi connectivity index (χ0n) is 13.6. The van der Waals surface area contributed by atoms with E-state index >= 15 is 0 Å². The van der Waals surface area contributed by atoms with Gasteiger partial charge in [-0.3, -0.25) is 4.90 Å². The molecule has 1 heterocycles. The number of amides is 1. The Kier molecular flexibility index (Phi) is 6.83. The van der Waals surface area contributed by atoms with Crippen LogP contribution in [-0.2, 0) is 11.3 Å². The Bertz CT molecular complexity index is 481. The Morgan fingerprint density at radius 1 is 1.43 bits per heavy atom. The van der Waals surface area contributed by atoms with E-state index in [-0.39, 0.29) is 18.6 Å². The summed E-state index contributed by atoms with van der Waals surface area (Å²) in [7, 11) is 0. The van der Waals surface area contributed by atoms with Crippen LogP contribution in [0.2, 0.25) is 0 Å². The Hall–Kier alpha value is -1.63. The number of carbonyl (C=O) groups is 1. The van der Waals surface area contributed by atoms with Gasteiger partial charge in [-0.15, -0.1) is 0 Å². The number of carbonyl (C=O) groups excluding carboxylic acids is 1. The lowest BCUT2D eigenvalue weighted by Crippen LogP contribution is -2.53. The van der Waals surface area contributed by atoms with Crippen molar-refractivity contribution in [2.24, 2.45) is 11.7 Å². The normalized spacial score (nSPS) is 23.3. The van der Waals surface area contributed by atoms with Gasteiger partial charge in [0.15, 0.2) is 0 Å². The van der Waals surface area contributed by atoms with Crippen molar-refractivity contribution in [2.45, 2.75) is 32.1 Å². The van der Waals surface area contributed by atoms with Crippen LogP contribution in [0.25, 0.3) is 0 Å². The van der Waals surface area contributed by atoms with Crippen LogP contribution in [0.5, 0.6) is 0 Å². The minimum absolute atomic E-state index is 0.0295. The van der Waals surface area contributed by atoms with Crippen molar-refractivity contribution in [3.05, 3.63) is 35.9 Å². The second-order valence-corrected chi connectivity index (χ2v) is 6.19. The first kappa shape index (κ1) is 17.7. The number of aliphatic hydroxyl groups is 1. The molecule has 0 saturated carbocycles. The van der Waals surface area contributed by atoms with E-state index < -0.39 is 12.2 Å². The molecular formula is C17H27N3O3. The third kappa shape index (κ3) is 5.82. The molecule has 6 heteroatoms. The Morgan fingerprint density at radius 3 is 2.83 bits per heavy atom. The number of nitrogens with one attached hydrogen (secondary N) is 1. The average Bonchev–Trinajstić information content (AvgIpc) is 2.54. The number of hydrogen-bond acceptors (Lipinski definition) is 5. The van der Waals surface area contributed by atoms with Gasteiger partial charge in [0.05, 0.1) is 6.10 Å². The second kappa shape index (κ2) is 8.86. The summed E-state index contributed by atoms with van der Waals surface area (Å²) in [5.74, 6) is 0.134. The van der Waals surface area contributed by atoms with Crippen LogP contribution in [0.4, 0.5) is 4.79 Å². The molecule has 0 spiro atoms. The first-order valence-corrected chi connectivity index (χ1v) is 8.16. The van der Waals surface area contributed by atoms with E-state index in [0.29, 0.717) is 6.54 Å².